The Balaban J connectivity index is 2.32. The monoisotopic (exact) mass is 394 g/mol. The number of nitrogens with zero attached hydrogens (tertiary/aromatic N) is 1. The Hall–Kier alpha value is -2.06. The lowest BCUT2D eigenvalue weighted by Crippen LogP contribution is -2.49. The molecule has 1 aliphatic heterocycles. The van der Waals surface area contributed by atoms with Crippen LogP contribution in [0.1, 0.15) is 32.8 Å². The first-order valence-electron chi connectivity index (χ1n) is 8.30. The zero-order chi connectivity index (χ0) is 19.3. The smallest absolute Gasteiger partial charge is 0.266 e. The molecule has 1 heterocycles. The van der Waals surface area contributed by atoms with Crippen LogP contribution in [-0.4, -0.2) is 40.4 Å². The van der Waals surface area contributed by atoms with Crippen molar-refractivity contribution in [3.63, 3.8) is 0 Å². The number of carboxylic acid groups (broad SMARTS) is 1. The molecule has 1 fully saturated rings. The van der Waals surface area contributed by atoms with E-state index < -0.39 is 17.9 Å². The van der Waals surface area contributed by atoms with Gasteiger partial charge in [-0.3, -0.25) is 9.69 Å². The van der Waals surface area contributed by atoms with Gasteiger partial charge in [-0.25, -0.2) is 0 Å². The Morgan fingerprint density at radius 1 is 1.27 bits per heavy atom. The molecule has 1 aromatic rings. The predicted molar refractivity (Wildman–Crippen MR) is 103 cm³/mol. The normalized spacial score (nSPS) is 16.9. The van der Waals surface area contributed by atoms with Crippen molar-refractivity contribution in [1.82, 2.24) is 4.90 Å². The number of thioether (sulfide) groups is 1. The molecule has 0 radical (unpaired) electrons. The van der Waals surface area contributed by atoms with E-state index in [1.807, 2.05) is 13.8 Å². The largest absolute Gasteiger partial charge is 0.548 e. The maximum atomic E-state index is 12.6. The van der Waals surface area contributed by atoms with Gasteiger partial charge in [-0.15, -0.1) is 0 Å². The summed E-state index contributed by atoms with van der Waals surface area (Å²) in [5, 5.41) is 11.3. The van der Waals surface area contributed by atoms with Crippen LogP contribution >= 0.6 is 24.0 Å². The summed E-state index contributed by atoms with van der Waals surface area (Å²) in [4.78, 5) is 25.3. The molecule has 1 aliphatic rings. The van der Waals surface area contributed by atoms with Gasteiger partial charge < -0.3 is 19.4 Å². The maximum absolute atomic E-state index is 12.6. The molecule has 140 valence electrons. The SMILES string of the molecule is CCOc1ccc(/C=C2\SC(=S)N([C@H](CC)C(=O)[O-])C2=O)cc1OCC. The molecule has 0 N–H and O–H groups in total. The van der Waals surface area contributed by atoms with E-state index in [2.05, 4.69) is 0 Å². The highest BCUT2D eigenvalue weighted by Gasteiger charge is 2.37. The molecule has 0 unspecified atom stereocenters. The molecule has 26 heavy (non-hydrogen) atoms. The van der Waals surface area contributed by atoms with Gasteiger partial charge in [0.1, 0.15) is 4.32 Å². The second-order valence-electron chi connectivity index (χ2n) is 5.37. The Labute approximate surface area is 162 Å². The van der Waals surface area contributed by atoms with Crippen LogP contribution in [-0.2, 0) is 9.59 Å². The molecular weight excluding hydrogens is 374 g/mol. The van der Waals surface area contributed by atoms with Gasteiger partial charge in [0.2, 0.25) is 0 Å². The fourth-order valence-electron chi connectivity index (χ4n) is 2.51. The minimum absolute atomic E-state index is 0.216. The van der Waals surface area contributed by atoms with Gasteiger partial charge >= 0.3 is 0 Å². The fraction of sp³-hybridized carbons (Fsp3) is 0.389. The summed E-state index contributed by atoms with van der Waals surface area (Å²) >= 11 is 6.26. The van der Waals surface area contributed by atoms with Crippen molar-refractivity contribution in [1.29, 1.82) is 0 Å². The molecule has 8 heteroatoms. The fourth-order valence-corrected chi connectivity index (χ4v) is 3.87. The molecule has 1 aromatic carbocycles. The van der Waals surface area contributed by atoms with Gasteiger partial charge in [-0.1, -0.05) is 37.0 Å². The van der Waals surface area contributed by atoms with E-state index >= 15 is 0 Å². The number of benzene rings is 1. The number of aliphatic carboxylic acids is 1. The highest BCUT2D eigenvalue weighted by Crippen LogP contribution is 2.36. The lowest BCUT2D eigenvalue weighted by molar-refractivity contribution is -0.310. The summed E-state index contributed by atoms with van der Waals surface area (Å²) in [6.07, 6.45) is 1.89. The van der Waals surface area contributed by atoms with E-state index in [4.69, 9.17) is 21.7 Å². The van der Waals surface area contributed by atoms with Crippen molar-refractivity contribution in [3.8, 4) is 11.5 Å². The molecule has 2 rings (SSSR count). The van der Waals surface area contributed by atoms with Crippen molar-refractivity contribution in [3.05, 3.63) is 28.7 Å². The minimum atomic E-state index is -1.32. The summed E-state index contributed by atoms with van der Waals surface area (Å²) in [6, 6.07) is 4.29. The zero-order valence-electron chi connectivity index (χ0n) is 14.8. The van der Waals surface area contributed by atoms with Gasteiger partial charge in [0.15, 0.2) is 11.5 Å². The first kappa shape index (κ1) is 20.3. The molecular formula is C18H20NO5S2-. The van der Waals surface area contributed by atoms with Gasteiger partial charge in [0.05, 0.1) is 30.1 Å². The average Bonchev–Trinajstić information content (AvgIpc) is 2.86. The quantitative estimate of drug-likeness (QED) is 0.494. The highest BCUT2D eigenvalue weighted by molar-refractivity contribution is 8.26. The second-order valence-corrected chi connectivity index (χ2v) is 7.04. The first-order chi connectivity index (χ1) is 12.4. The topological polar surface area (TPSA) is 78.9 Å². The van der Waals surface area contributed by atoms with E-state index in [-0.39, 0.29) is 10.7 Å². The van der Waals surface area contributed by atoms with Crippen LogP contribution in [0.2, 0.25) is 0 Å². The Morgan fingerprint density at radius 3 is 2.50 bits per heavy atom. The standard InChI is InChI=1S/C18H21NO5S2/c1-4-12(17(21)22)19-16(20)15(26-18(19)25)10-11-7-8-13(23-5-2)14(9-11)24-6-3/h7-10,12H,4-6H2,1-3H3,(H,21,22)/p-1/b15-10-/t12-/m1/s1. The predicted octanol–water partition coefficient (Wildman–Crippen LogP) is 2.21. The highest BCUT2D eigenvalue weighted by atomic mass is 32.2. The molecule has 1 saturated heterocycles. The van der Waals surface area contributed by atoms with Crippen LogP contribution in [0, 0.1) is 0 Å². The van der Waals surface area contributed by atoms with Crippen LogP contribution < -0.4 is 14.6 Å². The van der Waals surface area contributed by atoms with Gasteiger partial charge in [-0.2, -0.15) is 0 Å². The average molecular weight is 394 g/mol. The number of carboxylic acids is 1. The molecule has 6 nitrogen and oxygen atoms in total. The van der Waals surface area contributed by atoms with E-state index in [9.17, 15) is 14.7 Å². The van der Waals surface area contributed by atoms with Crippen LogP contribution in [0.25, 0.3) is 6.08 Å². The lowest BCUT2D eigenvalue weighted by atomic mass is 10.1. The van der Waals surface area contributed by atoms with Crippen LogP contribution in [0.5, 0.6) is 11.5 Å². The van der Waals surface area contributed by atoms with Crippen molar-refractivity contribution in [2.45, 2.75) is 33.2 Å². The number of hydrogen-bond acceptors (Lipinski definition) is 7. The number of ether oxygens (including phenoxy) is 2. The Bertz CT molecular complexity index is 747. The summed E-state index contributed by atoms with van der Waals surface area (Å²) in [5.41, 5.74) is 0.735. The second kappa shape index (κ2) is 9.05. The van der Waals surface area contributed by atoms with E-state index in [0.29, 0.717) is 29.6 Å². The van der Waals surface area contributed by atoms with E-state index in [1.165, 1.54) is 0 Å². The van der Waals surface area contributed by atoms with Crippen molar-refractivity contribution in [2.24, 2.45) is 0 Å². The third-order valence-electron chi connectivity index (χ3n) is 3.66. The Kier molecular flexibility index (Phi) is 7.05. The molecule has 0 aliphatic carbocycles. The maximum Gasteiger partial charge on any atom is 0.266 e. The van der Waals surface area contributed by atoms with Crippen LogP contribution in [0.4, 0.5) is 0 Å². The third-order valence-corrected chi connectivity index (χ3v) is 4.99. The van der Waals surface area contributed by atoms with Crippen LogP contribution in [0.15, 0.2) is 23.1 Å². The number of thiocarbonyl (C=S) groups is 1. The third kappa shape index (κ3) is 4.37. The number of carbonyl (C=O) groups excluding carboxylic acids is 2. The molecule has 0 saturated carbocycles. The summed E-state index contributed by atoms with van der Waals surface area (Å²) < 4.78 is 11.3. The van der Waals surface area contributed by atoms with Gasteiger partial charge in [-0.05, 0) is 44.0 Å². The Morgan fingerprint density at radius 2 is 1.92 bits per heavy atom. The number of amides is 1. The zero-order valence-corrected chi connectivity index (χ0v) is 16.4. The number of carbonyl (C=O) groups is 2. The van der Waals surface area contributed by atoms with Gasteiger partial charge in [0, 0.05) is 0 Å². The molecule has 0 aromatic heterocycles. The molecule has 0 spiro atoms. The molecule has 1 atom stereocenters. The molecule has 1 amide bonds. The number of hydrogen-bond donors (Lipinski definition) is 0. The van der Waals surface area contributed by atoms with Crippen molar-refractivity contribution in [2.75, 3.05) is 13.2 Å². The van der Waals surface area contributed by atoms with Gasteiger partial charge in [0.25, 0.3) is 5.91 Å². The summed E-state index contributed by atoms with van der Waals surface area (Å²) in [7, 11) is 0. The number of rotatable bonds is 8. The summed E-state index contributed by atoms with van der Waals surface area (Å²) in [5.74, 6) is -0.533. The molecule has 0 bridgehead atoms. The summed E-state index contributed by atoms with van der Waals surface area (Å²) in [6.45, 7) is 6.42. The van der Waals surface area contributed by atoms with Crippen molar-refractivity contribution < 1.29 is 24.2 Å². The van der Waals surface area contributed by atoms with E-state index in [0.717, 1.165) is 22.2 Å². The minimum Gasteiger partial charge on any atom is -0.548 e. The lowest BCUT2D eigenvalue weighted by Gasteiger charge is -2.26. The van der Waals surface area contributed by atoms with E-state index in [1.54, 1.807) is 31.2 Å². The first-order valence-corrected chi connectivity index (χ1v) is 9.52. The van der Waals surface area contributed by atoms with Crippen LogP contribution in [0.3, 0.4) is 0 Å². The van der Waals surface area contributed by atoms with Crippen molar-refractivity contribution >= 4 is 46.3 Å².